The van der Waals surface area contributed by atoms with E-state index in [0.717, 1.165) is 18.7 Å². The van der Waals surface area contributed by atoms with E-state index in [1.165, 1.54) is 12.1 Å². The van der Waals surface area contributed by atoms with E-state index >= 15 is 0 Å². The molecule has 3 N–H and O–H groups in total. The zero-order chi connectivity index (χ0) is 17.9. The molecule has 0 aromatic heterocycles. The topological polar surface area (TPSA) is 70.2 Å². The standard InChI is InChI=1S/C16H20F3N3O2.ClH/c1-9-3-4-11(15(24)21-8-16(17,18)19)5-13(9)22-14(23)10(2)12-6-20-7-12;/h3-5,10,12,20H,6-8H2,1-2H3,(H,21,24)(H,22,23);1H. The van der Waals surface area contributed by atoms with Crippen LogP contribution in [0.4, 0.5) is 18.9 Å². The summed E-state index contributed by atoms with van der Waals surface area (Å²) in [5.41, 5.74) is 1.23. The lowest BCUT2D eigenvalue weighted by atomic mass is 9.88. The normalized spacial score (nSPS) is 15.6. The molecule has 140 valence electrons. The summed E-state index contributed by atoms with van der Waals surface area (Å²) in [5.74, 6) is -0.923. The van der Waals surface area contributed by atoms with E-state index in [9.17, 15) is 22.8 Å². The highest BCUT2D eigenvalue weighted by molar-refractivity contribution is 5.98. The number of aryl methyl sites for hydroxylation is 1. The minimum absolute atomic E-state index is 0. The minimum Gasteiger partial charge on any atom is -0.343 e. The molecular weight excluding hydrogens is 359 g/mol. The Morgan fingerprint density at radius 2 is 1.96 bits per heavy atom. The van der Waals surface area contributed by atoms with E-state index in [-0.39, 0.29) is 35.7 Å². The number of alkyl halides is 3. The van der Waals surface area contributed by atoms with E-state index in [4.69, 9.17) is 0 Å². The van der Waals surface area contributed by atoms with Crippen molar-refractivity contribution >= 4 is 29.9 Å². The molecule has 1 aliphatic rings. The molecular formula is C16H21ClF3N3O2. The average molecular weight is 380 g/mol. The smallest absolute Gasteiger partial charge is 0.343 e. The van der Waals surface area contributed by atoms with Crippen LogP contribution in [0.25, 0.3) is 0 Å². The number of amides is 2. The van der Waals surface area contributed by atoms with E-state index in [1.807, 2.05) is 12.2 Å². The molecule has 1 unspecified atom stereocenters. The number of benzene rings is 1. The fourth-order valence-corrected chi connectivity index (χ4v) is 2.31. The third-order valence-corrected chi connectivity index (χ3v) is 4.14. The largest absolute Gasteiger partial charge is 0.405 e. The van der Waals surface area contributed by atoms with Gasteiger partial charge in [-0.3, -0.25) is 9.59 Å². The summed E-state index contributed by atoms with van der Waals surface area (Å²) >= 11 is 0. The lowest BCUT2D eigenvalue weighted by molar-refractivity contribution is -0.123. The van der Waals surface area contributed by atoms with Gasteiger partial charge in [0.25, 0.3) is 5.91 Å². The average Bonchev–Trinajstić information content (AvgIpc) is 2.44. The summed E-state index contributed by atoms with van der Waals surface area (Å²) < 4.78 is 36.5. The van der Waals surface area contributed by atoms with Crippen molar-refractivity contribution < 1.29 is 22.8 Å². The van der Waals surface area contributed by atoms with Crippen molar-refractivity contribution in [3.63, 3.8) is 0 Å². The number of hydrogen-bond acceptors (Lipinski definition) is 3. The summed E-state index contributed by atoms with van der Waals surface area (Å²) in [7, 11) is 0. The molecule has 2 amide bonds. The first-order valence-corrected chi connectivity index (χ1v) is 7.64. The Kier molecular flexibility index (Phi) is 7.25. The predicted molar refractivity (Wildman–Crippen MR) is 91.0 cm³/mol. The zero-order valence-corrected chi connectivity index (χ0v) is 14.7. The lowest BCUT2D eigenvalue weighted by Gasteiger charge is -2.31. The number of carbonyl (C=O) groups excluding carboxylic acids is 2. The number of halogens is 4. The van der Waals surface area contributed by atoms with Crippen LogP contribution in [-0.2, 0) is 4.79 Å². The number of anilines is 1. The van der Waals surface area contributed by atoms with Gasteiger partial charge in [-0.25, -0.2) is 0 Å². The molecule has 1 aliphatic heterocycles. The lowest BCUT2D eigenvalue weighted by Crippen LogP contribution is -2.48. The van der Waals surface area contributed by atoms with Crippen LogP contribution >= 0.6 is 12.4 Å². The third-order valence-electron chi connectivity index (χ3n) is 4.14. The molecule has 1 aromatic rings. The maximum atomic E-state index is 12.2. The van der Waals surface area contributed by atoms with Gasteiger partial charge in [-0.05, 0) is 43.6 Å². The molecule has 0 saturated carbocycles. The van der Waals surface area contributed by atoms with Crippen LogP contribution in [0.1, 0.15) is 22.8 Å². The van der Waals surface area contributed by atoms with Crippen molar-refractivity contribution in [3.05, 3.63) is 29.3 Å². The van der Waals surface area contributed by atoms with Crippen molar-refractivity contribution in [2.24, 2.45) is 11.8 Å². The number of carbonyl (C=O) groups is 2. The van der Waals surface area contributed by atoms with E-state index in [2.05, 4.69) is 10.6 Å². The first kappa shape index (κ1) is 21.2. The summed E-state index contributed by atoms with van der Waals surface area (Å²) in [6.07, 6.45) is -4.47. The summed E-state index contributed by atoms with van der Waals surface area (Å²) in [5, 5.41) is 7.67. The Labute approximate surface area is 150 Å². The molecule has 1 aromatic carbocycles. The van der Waals surface area contributed by atoms with Crippen LogP contribution in [0.3, 0.4) is 0 Å². The van der Waals surface area contributed by atoms with Crippen molar-refractivity contribution in [1.82, 2.24) is 10.6 Å². The SMILES string of the molecule is Cc1ccc(C(=O)NCC(F)(F)F)cc1NC(=O)C(C)C1CNC1.Cl. The maximum Gasteiger partial charge on any atom is 0.405 e. The van der Waals surface area contributed by atoms with Crippen molar-refractivity contribution in [3.8, 4) is 0 Å². The fourth-order valence-electron chi connectivity index (χ4n) is 2.31. The highest BCUT2D eigenvalue weighted by Crippen LogP contribution is 2.22. The second-order valence-electron chi connectivity index (χ2n) is 6.02. The monoisotopic (exact) mass is 379 g/mol. The van der Waals surface area contributed by atoms with Crippen molar-refractivity contribution in [2.45, 2.75) is 20.0 Å². The first-order valence-electron chi connectivity index (χ1n) is 7.64. The number of nitrogens with one attached hydrogen (secondary N) is 3. The molecule has 1 heterocycles. The third kappa shape index (κ3) is 5.89. The molecule has 25 heavy (non-hydrogen) atoms. The van der Waals surface area contributed by atoms with Gasteiger partial charge in [0.2, 0.25) is 5.91 Å². The Balaban J connectivity index is 0.00000312. The quantitative estimate of drug-likeness (QED) is 0.736. The van der Waals surface area contributed by atoms with Gasteiger partial charge in [-0.15, -0.1) is 12.4 Å². The Hall–Kier alpha value is -1.80. The predicted octanol–water partition coefficient (Wildman–Crippen LogP) is 2.50. The molecule has 9 heteroatoms. The van der Waals surface area contributed by atoms with Crippen LogP contribution < -0.4 is 16.0 Å². The second kappa shape index (κ2) is 8.53. The molecule has 0 spiro atoms. The Morgan fingerprint density at radius 3 is 2.48 bits per heavy atom. The first-order chi connectivity index (χ1) is 11.2. The molecule has 5 nitrogen and oxygen atoms in total. The molecule has 1 saturated heterocycles. The van der Waals surface area contributed by atoms with E-state index in [1.54, 1.807) is 13.0 Å². The van der Waals surface area contributed by atoms with Gasteiger partial charge in [0.05, 0.1) is 0 Å². The van der Waals surface area contributed by atoms with Crippen LogP contribution in [0.2, 0.25) is 0 Å². The second-order valence-corrected chi connectivity index (χ2v) is 6.02. The molecule has 1 fully saturated rings. The van der Waals surface area contributed by atoms with Crippen LogP contribution in [0.15, 0.2) is 18.2 Å². The number of hydrogen-bond donors (Lipinski definition) is 3. The summed E-state index contributed by atoms with van der Waals surface area (Å²) in [6, 6.07) is 4.41. The summed E-state index contributed by atoms with van der Waals surface area (Å²) in [6.45, 7) is 3.76. The van der Waals surface area contributed by atoms with Gasteiger partial charge in [0.1, 0.15) is 6.54 Å². The van der Waals surface area contributed by atoms with Crippen LogP contribution in [0, 0.1) is 18.8 Å². The molecule has 0 aliphatic carbocycles. The molecule has 0 bridgehead atoms. The Bertz CT molecular complexity index is 634. The van der Waals surface area contributed by atoms with Crippen molar-refractivity contribution in [1.29, 1.82) is 0 Å². The highest BCUT2D eigenvalue weighted by atomic mass is 35.5. The van der Waals surface area contributed by atoms with E-state index < -0.39 is 18.6 Å². The van der Waals surface area contributed by atoms with Gasteiger partial charge in [-0.2, -0.15) is 13.2 Å². The minimum atomic E-state index is -4.47. The van der Waals surface area contributed by atoms with Crippen molar-refractivity contribution in [2.75, 3.05) is 25.0 Å². The van der Waals surface area contributed by atoms with Gasteiger partial charge >= 0.3 is 6.18 Å². The molecule has 0 radical (unpaired) electrons. The highest BCUT2D eigenvalue weighted by Gasteiger charge is 2.29. The zero-order valence-electron chi connectivity index (χ0n) is 13.9. The van der Waals surface area contributed by atoms with Gasteiger partial charge in [0, 0.05) is 17.2 Å². The van der Waals surface area contributed by atoms with Gasteiger partial charge in [0.15, 0.2) is 0 Å². The maximum absolute atomic E-state index is 12.2. The molecule has 2 rings (SSSR count). The summed E-state index contributed by atoms with van der Waals surface area (Å²) in [4.78, 5) is 24.1. The van der Waals surface area contributed by atoms with Gasteiger partial charge < -0.3 is 16.0 Å². The van der Waals surface area contributed by atoms with Crippen LogP contribution in [-0.4, -0.2) is 37.6 Å². The Morgan fingerprint density at radius 1 is 1.32 bits per heavy atom. The fraction of sp³-hybridized carbons (Fsp3) is 0.500. The molecule has 1 atom stereocenters. The van der Waals surface area contributed by atoms with Crippen LogP contribution in [0.5, 0.6) is 0 Å². The van der Waals surface area contributed by atoms with Gasteiger partial charge in [-0.1, -0.05) is 13.0 Å². The number of rotatable bonds is 5. The van der Waals surface area contributed by atoms with E-state index in [0.29, 0.717) is 5.69 Å².